The lowest BCUT2D eigenvalue weighted by atomic mass is 10.1. The van der Waals surface area contributed by atoms with Crippen LogP contribution in [0.1, 0.15) is 25.5 Å². The number of anilines is 1. The van der Waals surface area contributed by atoms with Crippen molar-refractivity contribution in [2.45, 2.75) is 19.8 Å². The quantitative estimate of drug-likeness (QED) is 0.906. The molecule has 0 spiro atoms. The molecule has 1 aromatic heterocycles. The summed E-state index contributed by atoms with van der Waals surface area (Å²) in [4.78, 5) is 12.1. The maximum absolute atomic E-state index is 13.8. The molecule has 0 aliphatic rings. The lowest BCUT2D eigenvalue weighted by Gasteiger charge is -2.12. The Balaban J connectivity index is 2.77. The van der Waals surface area contributed by atoms with Gasteiger partial charge in [-0.15, -0.1) is 0 Å². The van der Waals surface area contributed by atoms with Crippen LogP contribution >= 0.6 is 0 Å². The van der Waals surface area contributed by atoms with Gasteiger partial charge in [0.25, 0.3) is 5.56 Å². The fourth-order valence-electron chi connectivity index (χ4n) is 2.25. The molecule has 2 N–H and O–H groups in total. The molecule has 0 unspecified atom stereocenters. The summed E-state index contributed by atoms with van der Waals surface area (Å²) in [6.45, 7) is 3.77. The zero-order chi connectivity index (χ0) is 14.3. The van der Waals surface area contributed by atoms with Crippen LogP contribution in [0.5, 0.6) is 0 Å². The highest BCUT2D eigenvalue weighted by Gasteiger charge is 2.20. The van der Waals surface area contributed by atoms with E-state index in [9.17, 15) is 13.6 Å². The smallest absolute Gasteiger partial charge is 0.294 e. The van der Waals surface area contributed by atoms with Gasteiger partial charge in [-0.1, -0.05) is 13.8 Å². The molecule has 0 amide bonds. The molecule has 2 rings (SSSR count). The Labute approximate surface area is 109 Å². The SMILES string of the molecule is CC(C)c1c(N)c(=O)n(-c2ccc(F)cc2F)n1C. The number of benzene rings is 1. The highest BCUT2D eigenvalue weighted by atomic mass is 19.1. The van der Waals surface area contributed by atoms with E-state index in [2.05, 4.69) is 0 Å². The lowest BCUT2D eigenvalue weighted by Crippen LogP contribution is -2.22. The van der Waals surface area contributed by atoms with Crippen LogP contribution < -0.4 is 11.3 Å². The number of halogens is 2. The summed E-state index contributed by atoms with van der Waals surface area (Å²) in [5, 5.41) is 0. The van der Waals surface area contributed by atoms with Gasteiger partial charge in [-0.25, -0.2) is 13.5 Å². The molecule has 6 heteroatoms. The third-order valence-electron chi connectivity index (χ3n) is 3.03. The molecule has 1 aromatic carbocycles. The van der Waals surface area contributed by atoms with E-state index >= 15 is 0 Å². The van der Waals surface area contributed by atoms with Gasteiger partial charge in [0, 0.05) is 13.1 Å². The van der Waals surface area contributed by atoms with E-state index in [1.165, 1.54) is 10.7 Å². The molecule has 0 bridgehead atoms. The number of aromatic nitrogens is 2. The minimum absolute atomic E-state index is 0.0162. The van der Waals surface area contributed by atoms with Crippen LogP contribution in [0, 0.1) is 11.6 Å². The fraction of sp³-hybridized carbons (Fsp3) is 0.308. The fourth-order valence-corrected chi connectivity index (χ4v) is 2.25. The highest BCUT2D eigenvalue weighted by Crippen LogP contribution is 2.22. The summed E-state index contributed by atoms with van der Waals surface area (Å²) in [5.74, 6) is -1.49. The Morgan fingerprint density at radius 2 is 1.89 bits per heavy atom. The van der Waals surface area contributed by atoms with Crippen LogP contribution in [0.2, 0.25) is 0 Å². The van der Waals surface area contributed by atoms with Crippen molar-refractivity contribution in [3.05, 3.63) is 45.9 Å². The van der Waals surface area contributed by atoms with E-state index in [0.717, 1.165) is 16.8 Å². The van der Waals surface area contributed by atoms with Crippen LogP contribution in [-0.4, -0.2) is 9.36 Å². The van der Waals surface area contributed by atoms with Crippen LogP contribution in [0.15, 0.2) is 23.0 Å². The number of rotatable bonds is 2. The van der Waals surface area contributed by atoms with Gasteiger partial charge in [0.1, 0.15) is 17.2 Å². The molecule has 0 saturated carbocycles. The van der Waals surface area contributed by atoms with Crippen LogP contribution in [0.25, 0.3) is 5.69 Å². The lowest BCUT2D eigenvalue weighted by molar-refractivity contribution is 0.542. The standard InChI is InChI=1S/C13H15F2N3O/c1-7(2)12-11(16)13(19)18(17(12)3)10-5-4-8(14)6-9(10)15/h4-7H,16H2,1-3H3. The van der Waals surface area contributed by atoms with Gasteiger partial charge in [0.15, 0.2) is 5.82 Å². The minimum Gasteiger partial charge on any atom is -0.393 e. The number of nitrogens with two attached hydrogens (primary N) is 1. The van der Waals surface area contributed by atoms with E-state index < -0.39 is 17.2 Å². The van der Waals surface area contributed by atoms with Gasteiger partial charge < -0.3 is 5.73 Å². The first-order chi connectivity index (χ1) is 8.84. The predicted octanol–water partition coefficient (Wildman–Crippen LogP) is 2.16. The van der Waals surface area contributed by atoms with Gasteiger partial charge in [-0.05, 0) is 18.1 Å². The van der Waals surface area contributed by atoms with Gasteiger partial charge in [-0.2, -0.15) is 0 Å². The second-order valence-electron chi connectivity index (χ2n) is 4.69. The monoisotopic (exact) mass is 267 g/mol. The predicted molar refractivity (Wildman–Crippen MR) is 69.4 cm³/mol. The summed E-state index contributed by atoms with van der Waals surface area (Å²) < 4.78 is 29.3. The van der Waals surface area contributed by atoms with E-state index in [1.807, 2.05) is 13.8 Å². The second kappa shape index (κ2) is 4.53. The average Bonchev–Trinajstić information content (AvgIpc) is 2.52. The molecular formula is C13H15F2N3O. The normalized spacial score (nSPS) is 11.3. The number of nitrogen functional groups attached to an aromatic ring is 1. The van der Waals surface area contributed by atoms with Gasteiger partial charge in [0.05, 0.1) is 5.69 Å². The van der Waals surface area contributed by atoms with Crippen molar-refractivity contribution in [2.75, 3.05) is 5.73 Å². The summed E-state index contributed by atoms with van der Waals surface area (Å²) >= 11 is 0. The Hall–Kier alpha value is -2.11. The Kier molecular flexibility index (Phi) is 3.18. The van der Waals surface area contributed by atoms with Crippen molar-refractivity contribution in [1.29, 1.82) is 0 Å². The van der Waals surface area contributed by atoms with Gasteiger partial charge in [0.2, 0.25) is 0 Å². The van der Waals surface area contributed by atoms with Crippen molar-refractivity contribution in [3.8, 4) is 5.69 Å². The molecule has 19 heavy (non-hydrogen) atoms. The van der Waals surface area contributed by atoms with E-state index in [4.69, 9.17) is 5.73 Å². The third kappa shape index (κ3) is 2.03. The van der Waals surface area contributed by atoms with Gasteiger partial charge in [-0.3, -0.25) is 9.48 Å². The Bertz CT molecular complexity index is 686. The molecule has 102 valence electrons. The topological polar surface area (TPSA) is 53.0 Å². The van der Waals surface area contributed by atoms with Crippen LogP contribution in [-0.2, 0) is 7.05 Å². The minimum atomic E-state index is -0.807. The zero-order valence-corrected chi connectivity index (χ0v) is 10.9. The maximum atomic E-state index is 13.8. The first-order valence-electron chi connectivity index (χ1n) is 5.87. The van der Waals surface area contributed by atoms with Gasteiger partial charge >= 0.3 is 0 Å². The Morgan fingerprint density at radius 3 is 2.37 bits per heavy atom. The molecule has 0 atom stereocenters. The zero-order valence-electron chi connectivity index (χ0n) is 10.9. The third-order valence-corrected chi connectivity index (χ3v) is 3.03. The largest absolute Gasteiger partial charge is 0.393 e. The van der Waals surface area contributed by atoms with E-state index in [0.29, 0.717) is 5.69 Å². The van der Waals surface area contributed by atoms with Crippen molar-refractivity contribution in [2.24, 2.45) is 7.05 Å². The second-order valence-corrected chi connectivity index (χ2v) is 4.69. The van der Waals surface area contributed by atoms with Crippen molar-refractivity contribution in [1.82, 2.24) is 9.36 Å². The summed E-state index contributed by atoms with van der Waals surface area (Å²) in [6, 6.07) is 3.05. The average molecular weight is 267 g/mol. The summed E-state index contributed by atoms with van der Waals surface area (Å²) in [7, 11) is 1.62. The van der Waals surface area contributed by atoms with E-state index in [-0.39, 0.29) is 17.3 Å². The highest BCUT2D eigenvalue weighted by molar-refractivity contribution is 5.47. The molecule has 0 fully saturated rings. The van der Waals surface area contributed by atoms with Crippen molar-refractivity contribution < 1.29 is 8.78 Å². The van der Waals surface area contributed by atoms with Crippen molar-refractivity contribution in [3.63, 3.8) is 0 Å². The number of hydrogen-bond acceptors (Lipinski definition) is 2. The summed E-state index contributed by atoms with van der Waals surface area (Å²) in [6.07, 6.45) is 0. The first-order valence-corrected chi connectivity index (χ1v) is 5.87. The number of nitrogens with zero attached hydrogens (tertiary/aromatic N) is 2. The first kappa shape index (κ1) is 13.3. The summed E-state index contributed by atoms with van der Waals surface area (Å²) in [5.41, 5.74) is 5.95. The number of hydrogen-bond donors (Lipinski definition) is 1. The Morgan fingerprint density at radius 1 is 1.26 bits per heavy atom. The molecular weight excluding hydrogens is 252 g/mol. The van der Waals surface area contributed by atoms with Crippen LogP contribution in [0.4, 0.5) is 14.5 Å². The molecule has 0 saturated heterocycles. The molecule has 0 aliphatic heterocycles. The molecule has 0 radical (unpaired) electrons. The molecule has 1 heterocycles. The molecule has 2 aromatic rings. The molecule has 4 nitrogen and oxygen atoms in total. The van der Waals surface area contributed by atoms with Crippen LogP contribution in [0.3, 0.4) is 0 Å². The molecule has 0 aliphatic carbocycles. The van der Waals surface area contributed by atoms with Crippen molar-refractivity contribution >= 4 is 5.69 Å². The maximum Gasteiger partial charge on any atom is 0.294 e. The van der Waals surface area contributed by atoms with E-state index in [1.54, 1.807) is 7.05 Å².